The lowest BCUT2D eigenvalue weighted by atomic mass is 10.1. The van der Waals surface area contributed by atoms with E-state index in [9.17, 15) is 13.6 Å². The first-order valence-corrected chi connectivity index (χ1v) is 6.35. The molecule has 3 aromatic rings. The Morgan fingerprint density at radius 1 is 1.05 bits per heavy atom. The van der Waals surface area contributed by atoms with Crippen LogP contribution in [0.2, 0.25) is 0 Å². The molecule has 0 bridgehead atoms. The number of aryl methyl sites for hydroxylation is 1. The first kappa shape index (κ1) is 13.3. The van der Waals surface area contributed by atoms with E-state index in [1.54, 1.807) is 30.3 Å². The van der Waals surface area contributed by atoms with E-state index in [0.29, 0.717) is 10.8 Å². The molecular weight excluding hydrogens is 274 g/mol. The zero-order chi connectivity index (χ0) is 15.1. The van der Waals surface area contributed by atoms with Crippen molar-refractivity contribution in [2.24, 2.45) is 0 Å². The van der Waals surface area contributed by atoms with Crippen LogP contribution in [-0.2, 0) is 0 Å². The number of nitrogens with zero attached hydrogens (tertiary/aromatic N) is 1. The first-order valence-electron chi connectivity index (χ1n) is 6.35. The zero-order valence-corrected chi connectivity index (χ0v) is 11.2. The van der Waals surface area contributed by atoms with Gasteiger partial charge in [-0.2, -0.15) is 0 Å². The average Bonchev–Trinajstić information content (AvgIpc) is 2.44. The maximum absolute atomic E-state index is 14.1. The third kappa shape index (κ3) is 2.07. The number of nitrogen functional groups attached to an aromatic ring is 1. The van der Waals surface area contributed by atoms with Crippen LogP contribution in [0.4, 0.5) is 14.6 Å². The van der Waals surface area contributed by atoms with Gasteiger partial charge in [0.05, 0.1) is 5.69 Å². The fourth-order valence-corrected chi connectivity index (χ4v) is 2.33. The summed E-state index contributed by atoms with van der Waals surface area (Å²) < 4.78 is 28.8. The van der Waals surface area contributed by atoms with Crippen molar-refractivity contribution in [2.45, 2.75) is 6.92 Å². The van der Waals surface area contributed by atoms with Gasteiger partial charge in [0.15, 0.2) is 0 Å². The lowest BCUT2D eigenvalue weighted by Crippen LogP contribution is -2.22. The molecule has 2 N–H and O–H groups in total. The summed E-state index contributed by atoms with van der Waals surface area (Å²) in [5.41, 5.74) is 5.35. The number of fused-ring (bicyclic) bond motifs is 1. The van der Waals surface area contributed by atoms with Crippen LogP contribution in [0, 0.1) is 18.6 Å². The van der Waals surface area contributed by atoms with Crippen molar-refractivity contribution in [1.29, 1.82) is 0 Å². The van der Waals surface area contributed by atoms with Crippen LogP contribution in [0.3, 0.4) is 0 Å². The number of rotatable bonds is 1. The van der Waals surface area contributed by atoms with E-state index in [1.165, 1.54) is 6.92 Å². The van der Waals surface area contributed by atoms with Crippen molar-refractivity contribution < 1.29 is 8.78 Å². The molecule has 0 spiro atoms. The number of hydrogen-bond acceptors (Lipinski definition) is 2. The Morgan fingerprint density at radius 3 is 2.52 bits per heavy atom. The second-order valence-electron chi connectivity index (χ2n) is 4.85. The third-order valence-corrected chi connectivity index (χ3v) is 3.42. The lowest BCUT2D eigenvalue weighted by molar-refractivity contribution is 0.585. The Morgan fingerprint density at radius 2 is 1.76 bits per heavy atom. The molecule has 1 aromatic heterocycles. The van der Waals surface area contributed by atoms with E-state index >= 15 is 0 Å². The van der Waals surface area contributed by atoms with E-state index in [4.69, 9.17) is 5.73 Å². The topological polar surface area (TPSA) is 48.0 Å². The van der Waals surface area contributed by atoms with Gasteiger partial charge in [0.2, 0.25) is 0 Å². The van der Waals surface area contributed by atoms with Crippen LogP contribution < -0.4 is 11.3 Å². The number of benzene rings is 2. The van der Waals surface area contributed by atoms with Crippen molar-refractivity contribution in [3.63, 3.8) is 0 Å². The fraction of sp³-hybridized carbons (Fsp3) is 0.0625. The van der Waals surface area contributed by atoms with Crippen LogP contribution >= 0.6 is 0 Å². The van der Waals surface area contributed by atoms with Gasteiger partial charge >= 0.3 is 0 Å². The summed E-state index contributed by atoms with van der Waals surface area (Å²) in [6.45, 7) is 1.45. The maximum Gasteiger partial charge on any atom is 0.264 e. The van der Waals surface area contributed by atoms with E-state index in [2.05, 4.69) is 0 Å². The quantitative estimate of drug-likeness (QED) is 0.747. The van der Waals surface area contributed by atoms with Gasteiger partial charge in [-0.15, -0.1) is 0 Å². The molecule has 106 valence electrons. The highest BCUT2D eigenvalue weighted by atomic mass is 19.1. The van der Waals surface area contributed by atoms with Crippen molar-refractivity contribution >= 4 is 16.6 Å². The van der Waals surface area contributed by atoms with Gasteiger partial charge in [-0.1, -0.05) is 18.2 Å². The highest BCUT2D eigenvalue weighted by molar-refractivity contribution is 5.84. The monoisotopic (exact) mass is 286 g/mol. The molecule has 5 heteroatoms. The minimum absolute atomic E-state index is 0.0563. The molecule has 3 nitrogen and oxygen atoms in total. The number of pyridine rings is 1. The molecule has 0 radical (unpaired) electrons. The summed E-state index contributed by atoms with van der Waals surface area (Å²) in [5, 5.41) is 1.05. The Hall–Kier alpha value is -2.69. The van der Waals surface area contributed by atoms with Crippen LogP contribution in [0.5, 0.6) is 0 Å². The van der Waals surface area contributed by atoms with E-state index < -0.39 is 17.2 Å². The van der Waals surface area contributed by atoms with Gasteiger partial charge in [0.25, 0.3) is 5.56 Å². The molecule has 0 amide bonds. The average molecular weight is 286 g/mol. The highest BCUT2D eigenvalue weighted by Crippen LogP contribution is 2.21. The predicted octanol–water partition coefficient (Wildman–Crippen LogP) is 3.16. The van der Waals surface area contributed by atoms with Gasteiger partial charge in [0, 0.05) is 11.5 Å². The molecule has 0 saturated heterocycles. The summed E-state index contributed by atoms with van der Waals surface area (Å²) in [7, 11) is 0. The smallest absolute Gasteiger partial charge is 0.264 e. The Balaban J connectivity index is 2.41. The largest absolute Gasteiger partial charge is 0.385 e. The third-order valence-electron chi connectivity index (χ3n) is 3.42. The molecule has 3 rings (SSSR count). The Bertz CT molecular complexity index is 916. The van der Waals surface area contributed by atoms with Crippen LogP contribution in [0.1, 0.15) is 5.56 Å². The molecule has 0 unspecified atom stereocenters. The van der Waals surface area contributed by atoms with Crippen molar-refractivity contribution in [1.82, 2.24) is 4.57 Å². The van der Waals surface area contributed by atoms with E-state index in [0.717, 1.165) is 16.7 Å². The molecule has 21 heavy (non-hydrogen) atoms. The van der Waals surface area contributed by atoms with E-state index in [-0.39, 0.29) is 17.1 Å². The van der Waals surface area contributed by atoms with Gasteiger partial charge in [-0.3, -0.25) is 9.36 Å². The molecule has 0 saturated carbocycles. The molecule has 0 aliphatic heterocycles. The van der Waals surface area contributed by atoms with Gasteiger partial charge in [-0.25, -0.2) is 8.78 Å². The second kappa shape index (κ2) is 4.70. The summed E-state index contributed by atoms with van der Waals surface area (Å²) in [6.07, 6.45) is 0. The highest BCUT2D eigenvalue weighted by Gasteiger charge is 2.14. The summed E-state index contributed by atoms with van der Waals surface area (Å²) >= 11 is 0. The Kier molecular flexibility index (Phi) is 2.97. The molecule has 0 aliphatic carbocycles. The van der Waals surface area contributed by atoms with Crippen molar-refractivity contribution in [3.05, 3.63) is 70.0 Å². The summed E-state index contributed by atoms with van der Waals surface area (Å²) in [6, 6.07) is 10.4. The standard InChI is InChI=1S/C16H12F2N2O/c1-9-6-13(18)14(8-12(9)17)20-15(19)7-10-4-2-3-5-11(10)16(20)21/h2-8H,19H2,1H3. The normalized spacial score (nSPS) is 11.0. The van der Waals surface area contributed by atoms with E-state index in [1.807, 2.05) is 0 Å². The van der Waals surface area contributed by atoms with Gasteiger partial charge in [0.1, 0.15) is 17.5 Å². The summed E-state index contributed by atoms with van der Waals surface area (Å²) in [5.74, 6) is -1.23. The molecule has 0 aliphatic rings. The Labute approximate surface area is 119 Å². The lowest BCUT2D eigenvalue weighted by Gasteiger charge is -2.13. The van der Waals surface area contributed by atoms with Gasteiger partial charge < -0.3 is 5.73 Å². The molecule has 0 atom stereocenters. The van der Waals surface area contributed by atoms with Crippen LogP contribution in [0.15, 0.2) is 47.3 Å². The maximum atomic E-state index is 14.1. The van der Waals surface area contributed by atoms with Crippen LogP contribution in [-0.4, -0.2) is 4.57 Å². The second-order valence-corrected chi connectivity index (χ2v) is 4.85. The minimum atomic E-state index is -0.696. The van der Waals surface area contributed by atoms with Gasteiger partial charge in [-0.05, 0) is 36.1 Å². The van der Waals surface area contributed by atoms with Crippen molar-refractivity contribution in [3.8, 4) is 5.69 Å². The first-order chi connectivity index (χ1) is 9.99. The number of halogens is 2. The van der Waals surface area contributed by atoms with Crippen LogP contribution in [0.25, 0.3) is 16.5 Å². The predicted molar refractivity (Wildman–Crippen MR) is 78.6 cm³/mol. The number of aromatic nitrogens is 1. The molecule has 0 fully saturated rings. The molecule has 2 aromatic carbocycles. The van der Waals surface area contributed by atoms with Crippen molar-refractivity contribution in [2.75, 3.05) is 5.73 Å². The number of hydrogen-bond donors (Lipinski definition) is 1. The fourth-order valence-electron chi connectivity index (χ4n) is 2.33. The zero-order valence-electron chi connectivity index (χ0n) is 11.2. The SMILES string of the molecule is Cc1cc(F)c(-n2c(N)cc3ccccc3c2=O)cc1F. The summed E-state index contributed by atoms with van der Waals surface area (Å²) in [4.78, 5) is 12.5. The molecular formula is C16H12F2N2O. The number of nitrogens with two attached hydrogens (primary N) is 1. The minimum Gasteiger partial charge on any atom is -0.385 e. The number of anilines is 1. The molecule has 1 heterocycles.